The molecule has 1 heterocycles. The first kappa shape index (κ1) is 24.5. The predicted molar refractivity (Wildman–Crippen MR) is 140 cm³/mol. The first-order valence-electron chi connectivity index (χ1n) is 12.5. The Kier molecular flexibility index (Phi) is 8.75. The van der Waals surface area contributed by atoms with Gasteiger partial charge in [0, 0.05) is 19.1 Å². The maximum Gasteiger partial charge on any atom is 0.0676 e. The van der Waals surface area contributed by atoms with Gasteiger partial charge in [0.25, 0.3) is 0 Å². The molecule has 0 N–H and O–H groups in total. The lowest BCUT2D eigenvalue weighted by molar-refractivity contribution is 0.127. The van der Waals surface area contributed by atoms with Gasteiger partial charge in [0.05, 0.1) is 5.03 Å². The van der Waals surface area contributed by atoms with Crippen LogP contribution in [0.25, 0.3) is 5.57 Å². The first-order chi connectivity index (χ1) is 14.9. The fourth-order valence-electron chi connectivity index (χ4n) is 5.39. The lowest BCUT2D eigenvalue weighted by Gasteiger charge is -2.39. The van der Waals surface area contributed by atoms with Crippen molar-refractivity contribution in [1.82, 2.24) is 9.80 Å². The maximum absolute atomic E-state index is 4.41. The summed E-state index contributed by atoms with van der Waals surface area (Å²) in [6.07, 6.45) is 8.88. The molecule has 1 aromatic rings. The molecule has 2 nitrogen and oxygen atoms in total. The molecule has 0 spiro atoms. The van der Waals surface area contributed by atoms with E-state index in [1.807, 2.05) is 11.8 Å². The van der Waals surface area contributed by atoms with Gasteiger partial charge in [0.1, 0.15) is 0 Å². The minimum Gasteiger partial charge on any atom is -0.366 e. The predicted octanol–water partition coefficient (Wildman–Crippen LogP) is 7.45. The quantitative estimate of drug-likeness (QED) is 0.393. The smallest absolute Gasteiger partial charge is 0.0676 e. The van der Waals surface area contributed by atoms with Crippen LogP contribution >= 0.6 is 11.8 Å². The van der Waals surface area contributed by atoms with Crippen LogP contribution in [0.5, 0.6) is 0 Å². The van der Waals surface area contributed by atoms with Gasteiger partial charge in [-0.15, -0.1) is 0 Å². The van der Waals surface area contributed by atoms with Crippen molar-refractivity contribution in [3.8, 4) is 0 Å². The monoisotopic (exact) mass is 440 g/mol. The molecule has 0 unspecified atom stereocenters. The Balaban J connectivity index is 1.56. The van der Waals surface area contributed by atoms with Crippen molar-refractivity contribution in [2.24, 2.45) is 0 Å². The average Bonchev–Trinajstić information content (AvgIpc) is 2.76. The zero-order chi connectivity index (χ0) is 22.4. The van der Waals surface area contributed by atoms with Crippen molar-refractivity contribution in [1.29, 1.82) is 0 Å². The molecule has 31 heavy (non-hydrogen) atoms. The van der Waals surface area contributed by atoms with E-state index in [1.54, 1.807) is 11.1 Å². The second-order valence-corrected chi connectivity index (χ2v) is 11.1. The molecule has 2 aliphatic rings. The molecule has 0 aromatic heterocycles. The van der Waals surface area contributed by atoms with Crippen LogP contribution in [-0.4, -0.2) is 42.0 Å². The molecule has 172 valence electrons. The van der Waals surface area contributed by atoms with Crippen LogP contribution in [0.3, 0.4) is 0 Å². The molecular weight excluding hydrogens is 396 g/mol. The third-order valence-corrected chi connectivity index (χ3v) is 8.27. The van der Waals surface area contributed by atoms with Gasteiger partial charge < -0.3 is 9.80 Å². The minimum atomic E-state index is 0.322. The second kappa shape index (κ2) is 11.1. The fourth-order valence-corrected chi connectivity index (χ4v) is 6.17. The van der Waals surface area contributed by atoms with E-state index in [1.165, 1.54) is 74.2 Å². The number of piperidine rings is 1. The highest BCUT2D eigenvalue weighted by Crippen LogP contribution is 2.38. The number of rotatable bonds is 9. The first-order valence-corrected chi connectivity index (χ1v) is 13.4. The summed E-state index contributed by atoms with van der Waals surface area (Å²) < 4.78 is 0. The highest BCUT2D eigenvalue weighted by atomic mass is 32.2. The van der Waals surface area contributed by atoms with Crippen molar-refractivity contribution in [3.63, 3.8) is 0 Å². The Morgan fingerprint density at radius 3 is 2.52 bits per heavy atom. The molecule has 3 rings (SSSR count). The van der Waals surface area contributed by atoms with Crippen LogP contribution in [0.4, 0.5) is 0 Å². The zero-order valence-electron chi connectivity index (χ0n) is 20.7. The number of thioether (sulfide) groups is 1. The van der Waals surface area contributed by atoms with E-state index < -0.39 is 0 Å². The Morgan fingerprint density at radius 2 is 1.87 bits per heavy atom. The average molecular weight is 441 g/mol. The number of allylic oxidation sites excluding steroid dienone is 1. The van der Waals surface area contributed by atoms with Gasteiger partial charge >= 0.3 is 0 Å². The molecule has 1 aliphatic heterocycles. The Morgan fingerprint density at radius 1 is 1.19 bits per heavy atom. The van der Waals surface area contributed by atoms with Crippen LogP contribution in [0.15, 0.2) is 35.2 Å². The summed E-state index contributed by atoms with van der Waals surface area (Å²) >= 11 is 1.81. The number of nitrogens with zero attached hydrogens (tertiary/aromatic N) is 2. The normalized spacial score (nSPS) is 19.5. The molecule has 0 radical (unpaired) electrons. The number of aryl methyl sites for hydroxylation is 1. The highest BCUT2D eigenvalue weighted by molar-refractivity contribution is 8.05. The van der Waals surface area contributed by atoms with E-state index in [0.29, 0.717) is 5.41 Å². The fraction of sp³-hybridized carbons (Fsp3) is 0.643. The molecule has 1 fully saturated rings. The van der Waals surface area contributed by atoms with Crippen LogP contribution in [-0.2, 0) is 11.8 Å². The lowest BCUT2D eigenvalue weighted by Crippen LogP contribution is -2.44. The van der Waals surface area contributed by atoms with Gasteiger partial charge in [-0.3, -0.25) is 0 Å². The zero-order valence-corrected chi connectivity index (χ0v) is 21.5. The molecule has 1 aromatic carbocycles. The van der Waals surface area contributed by atoms with Crippen LogP contribution < -0.4 is 0 Å². The number of fused-ring (bicyclic) bond motifs is 1. The van der Waals surface area contributed by atoms with Gasteiger partial charge in [-0.2, -0.15) is 0 Å². The molecular formula is C28H44N2S. The summed E-state index contributed by atoms with van der Waals surface area (Å²) in [6.45, 7) is 20.8. The summed E-state index contributed by atoms with van der Waals surface area (Å²) in [6, 6.07) is 7.89. The van der Waals surface area contributed by atoms with Gasteiger partial charge in [-0.05, 0) is 98.0 Å². The molecule has 0 atom stereocenters. The van der Waals surface area contributed by atoms with Crippen molar-refractivity contribution >= 4 is 17.3 Å². The highest BCUT2D eigenvalue weighted by Gasteiger charge is 2.27. The maximum atomic E-state index is 4.41. The van der Waals surface area contributed by atoms with Gasteiger partial charge in [-0.1, -0.05) is 64.2 Å². The Labute approximate surface area is 196 Å². The largest absolute Gasteiger partial charge is 0.366 e. The third-order valence-electron chi connectivity index (χ3n) is 7.26. The van der Waals surface area contributed by atoms with Crippen LogP contribution in [0.2, 0.25) is 0 Å². The Hall–Kier alpha value is -1.19. The number of hydrogen-bond acceptors (Lipinski definition) is 3. The van der Waals surface area contributed by atoms with Crippen LogP contribution in [0, 0.1) is 0 Å². The molecule has 1 saturated heterocycles. The van der Waals surface area contributed by atoms with Gasteiger partial charge in [0.15, 0.2) is 0 Å². The molecule has 3 heteroatoms. The van der Waals surface area contributed by atoms with Crippen molar-refractivity contribution < 1.29 is 0 Å². The summed E-state index contributed by atoms with van der Waals surface area (Å²) in [5.74, 6) is 0. The minimum absolute atomic E-state index is 0.322. The van der Waals surface area contributed by atoms with E-state index in [9.17, 15) is 0 Å². The van der Waals surface area contributed by atoms with E-state index in [2.05, 4.69) is 74.6 Å². The standard InChI is InChI=1S/C28H44N2S/c1-7-16-30(17-8-2)26-13-18-29(19-14-26)23(4)31-21-22(3)24-11-12-27-25(20-24)10-9-15-28(27,5)6/h11-12,20-21,26H,4,7-10,13-19H2,1-3,5-6H3/b22-21+. The lowest BCUT2D eigenvalue weighted by atomic mass is 9.72. The SMILES string of the molecule is C=C(S/C=C(\C)c1ccc2c(c1)CCCC2(C)C)N1CCC(N(CCC)CCC)CC1. The van der Waals surface area contributed by atoms with E-state index in [0.717, 1.165) is 19.1 Å². The third kappa shape index (κ3) is 6.20. The molecule has 0 amide bonds. The summed E-state index contributed by atoms with van der Waals surface area (Å²) in [5, 5.41) is 3.51. The van der Waals surface area contributed by atoms with Crippen molar-refractivity contribution in [2.75, 3.05) is 26.2 Å². The summed E-state index contributed by atoms with van der Waals surface area (Å²) in [4.78, 5) is 5.21. The van der Waals surface area contributed by atoms with E-state index in [4.69, 9.17) is 0 Å². The number of benzene rings is 1. The number of hydrogen-bond donors (Lipinski definition) is 0. The number of likely N-dealkylation sites (tertiary alicyclic amines) is 1. The van der Waals surface area contributed by atoms with Gasteiger partial charge in [-0.25, -0.2) is 0 Å². The molecule has 1 aliphatic carbocycles. The van der Waals surface area contributed by atoms with Crippen LogP contribution in [0.1, 0.15) is 89.8 Å². The van der Waals surface area contributed by atoms with Crippen molar-refractivity contribution in [3.05, 3.63) is 51.9 Å². The Bertz CT molecular complexity index is 765. The van der Waals surface area contributed by atoms with Crippen molar-refractivity contribution in [2.45, 2.75) is 91.0 Å². The van der Waals surface area contributed by atoms with Gasteiger partial charge in [0.2, 0.25) is 0 Å². The van der Waals surface area contributed by atoms with E-state index in [-0.39, 0.29) is 0 Å². The summed E-state index contributed by atoms with van der Waals surface area (Å²) in [5.41, 5.74) is 6.14. The molecule has 0 bridgehead atoms. The molecule has 0 saturated carbocycles. The second-order valence-electron chi connectivity index (χ2n) is 10.2. The topological polar surface area (TPSA) is 6.48 Å². The van der Waals surface area contributed by atoms with E-state index >= 15 is 0 Å². The summed E-state index contributed by atoms with van der Waals surface area (Å²) in [7, 11) is 0.